The van der Waals surface area contributed by atoms with Gasteiger partial charge in [0.15, 0.2) is 0 Å². The Hall–Kier alpha value is -2.26. The molecule has 4 aliphatic rings. The third-order valence-corrected chi connectivity index (χ3v) is 9.48. The summed E-state index contributed by atoms with van der Waals surface area (Å²) in [4.78, 5) is 16.5. The van der Waals surface area contributed by atoms with Crippen LogP contribution in [0.5, 0.6) is 0 Å². The summed E-state index contributed by atoms with van der Waals surface area (Å²) in [5, 5.41) is 11.0. The van der Waals surface area contributed by atoms with E-state index >= 15 is 0 Å². The highest BCUT2D eigenvalue weighted by Gasteiger charge is 2.58. The van der Waals surface area contributed by atoms with E-state index in [0.717, 1.165) is 44.1 Å². The lowest BCUT2D eigenvalue weighted by atomic mass is 9.50. The second kappa shape index (κ2) is 7.66. The zero-order valence-electron chi connectivity index (χ0n) is 19.0. The Morgan fingerprint density at radius 1 is 1.00 bits per heavy atom. The number of pyridine rings is 1. The number of hydrogen-bond acceptors (Lipinski definition) is 3. The van der Waals surface area contributed by atoms with Crippen LogP contribution in [0.4, 0.5) is 0 Å². The molecule has 32 heavy (non-hydrogen) atoms. The lowest BCUT2D eigenvalue weighted by Crippen LogP contribution is -2.48. The Balaban J connectivity index is 1.41. The number of hydrogen-bond donors (Lipinski definition) is 1. The number of aliphatic hydroxyl groups is 1. The largest absolute Gasteiger partial charge is 0.393 e. The maximum absolute atomic E-state index is 12.2. The van der Waals surface area contributed by atoms with Gasteiger partial charge in [-0.3, -0.25) is 9.78 Å². The average molecular weight is 428 g/mol. The molecule has 1 aromatic heterocycles. The van der Waals surface area contributed by atoms with Crippen LogP contribution in [-0.4, -0.2) is 22.0 Å². The molecule has 0 aliphatic heterocycles. The fraction of sp³-hybridized carbons (Fsp3) is 0.517. The summed E-state index contributed by atoms with van der Waals surface area (Å²) in [5.41, 5.74) is 6.83. The van der Waals surface area contributed by atoms with E-state index < -0.39 is 0 Å². The third kappa shape index (κ3) is 3.12. The van der Waals surface area contributed by atoms with Gasteiger partial charge in [0.05, 0.1) is 6.10 Å². The molecule has 1 N–H and O–H groups in total. The van der Waals surface area contributed by atoms with E-state index in [4.69, 9.17) is 0 Å². The van der Waals surface area contributed by atoms with E-state index in [1.54, 1.807) is 5.57 Å². The summed E-state index contributed by atoms with van der Waals surface area (Å²) in [6.45, 7) is 2.36. The summed E-state index contributed by atoms with van der Waals surface area (Å²) < 4.78 is 0. The zero-order valence-corrected chi connectivity index (χ0v) is 19.0. The minimum absolute atomic E-state index is 0.0103. The molecule has 0 amide bonds. The standard InChI is InChI=1S/C29H33NO2/c1-29-16-25(19-6-4-18(5-7-19)21-3-2-14-30-17-21)28-23-11-9-22(31)15-20(23)8-10-24(28)26(29)12-13-27(29)32/h2-7,14,17,24-28,32H,8-13,15-16H2,1H3/t24-,25+,26-,27-,28+,29-/m0/s1. The number of carbonyl (C=O) groups excluding carboxylic acids is 1. The smallest absolute Gasteiger partial charge is 0.137 e. The van der Waals surface area contributed by atoms with Crippen LogP contribution in [0.2, 0.25) is 0 Å². The van der Waals surface area contributed by atoms with Crippen LogP contribution in [0.1, 0.15) is 69.8 Å². The molecular weight excluding hydrogens is 394 g/mol. The van der Waals surface area contributed by atoms with Crippen LogP contribution in [0, 0.1) is 23.2 Å². The van der Waals surface area contributed by atoms with Crippen molar-refractivity contribution >= 4 is 5.78 Å². The molecule has 0 spiro atoms. The molecule has 6 rings (SSSR count). The highest BCUT2D eigenvalue weighted by atomic mass is 16.3. The van der Waals surface area contributed by atoms with E-state index in [1.807, 2.05) is 18.5 Å². The number of ketones is 1. The van der Waals surface area contributed by atoms with Gasteiger partial charge in [0.25, 0.3) is 0 Å². The lowest BCUT2D eigenvalue weighted by molar-refractivity contribution is -0.119. The number of rotatable bonds is 2. The molecule has 166 valence electrons. The number of fused-ring (bicyclic) bond motifs is 4. The fourth-order valence-corrected chi connectivity index (χ4v) is 7.93. The van der Waals surface area contributed by atoms with E-state index in [-0.39, 0.29) is 11.5 Å². The van der Waals surface area contributed by atoms with Crippen LogP contribution in [0.15, 0.2) is 59.9 Å². The van der Waals surface area contributed by atoms with Gasteiger partial charge in [-0.05, 0) is 90.4 Å². The normalized spacial score (nSPS) is 36.4. The molecule has 2 fully saturated rings. The van der Waals surface area contributed by atoms with Crippen molar-refractivity contribution in [1.29, 1.82) is 0 Å². The molecule has 0 radical (unpaired) electrons. The first-order chi connectivity index (χ1) is 15.5. The van der Waals surface area contributed by atoms with Gasteiger partial charge < -0.3 is 5.11 Å². The van der Waals surface area contributed by atoms with Gasteiger partial charge >= 0.3 is 0 Å². The summed E-state index contributed by atoms with van der Waals surface area (Å²) >= 11 is 0. The molecule has 3 nitrogen and oxygen atoms in total. The molecule has 0 saturated heterocycles. The van der Waals surface area contributed by atoms with Crippen molar-refractivity contribution in [2.24, 2.45) is 23.2 Å². The van der Waals surface area contributed by atoms with Gasteiger partial charge in [-0.2, -0.15) is 0 Å². The van der Waals surface area contributed by atoms with Crippen molar-refractivity contribution in [3.63, 3.8) is 0 Å². The third-order valence-electron chi connectivity index (χ3n) is 9.48. The molecule has 3 heteroatoms. The second-order valence-electron chi connectivity index (χ2n) is 11.0. The highest BCUT2D eigenvalue weighted by Crippen LogP contribution is 2.64. The monoisotopic (exact) mass is 427 g/mol. The Morgan fingerprint density at radius 3 is 2.62 bits per heavy atom. The summed E-state index contributed by atoms with van der Waals surface area (Å²) in [6.07, 6.45) is 11.4. The Bertz CT molecular complexity index is 1060. The molecule has 1 heterocycles. The Morgan fingerprint density at radius 2 is 1.84 bits per heavy atom. The minimum atomic E-state index is -0.186. The van der Waals surface area contributed by atoms with Crippen molar-refractivity contribution in [2.75, 3.05) is 0 Å². The maximum atomic E-state index is 12.2. The van der Waals surface area contributed by atoms with E-state index in [0.29, 0.717) is 35.9 Å². The number of benzene rings is 1. The quantitative estimate of drug-likeness (QED) is 0.590. The summed E-state index contributed by atoms with van der Waals surface area (Å²) in [6, 6.07) is 13.2. The summed E-state index contributed by atoms with van der Waals surface area (Å²) in [5.74, 6) is 2.65. The molecule has 0 unspecified atom stereocenters. The Labute approximate surface area is 191 Å². The number of aliphatic hydroxyl groups excluding tert-OH is 1. The van der Waals surface area contributed by atoms with Gasteiger partial charge in [0.1, 0.15) is 5.78 Å². The topological polar surface area (TPSA) is 50.2 Å². The van der Waals surface area contributed by atoms with Crippen molar-refractivity contribution < 1.29 is 9.90 Å². The number of Topliss-reactive ketones (excluding diaryl/α,β-unsaturated/α-hetero) is 1. The van der Waals surface area contributed by atoms with Crippen LogP contribution >= 0.6 is 0 Å². The van der Waals surface area contributed by atoms with Crippen molar-refractivity contribution in [2.45, 2.75) is 70.3 Å². The van der Waals surface area contributed by atoms with Gasteiger partial charge in [-0.15, -0.1) is 0 Å². The van der Waals surface area contributed by atoms with Gasteiger partial charge in [0.2, 0.25) is 0 Å². The molecule has 2 aromatic rings. The van der Waals surface area contributed by atoms with Gasteiger partial charge in [0, 0.05) is 25.2 Å². The highest BCUT2D eigenvalue weighted by molar-refractivity contribution is 5.83. The zero-order chi connectivity index (χ0) is 21.9. The molecule has 6 atom stereocenters. The number of aromatic nitrogens is 1. The first-order valence-electron chi connectivity index (χ1n) is 12.5. The molecular formula is C29H33NO2. The van der Waals surface area contributed by atoms with Crippen LogP contribution in [0.25, 0.3) is 11.1 Å². The minimum Gasteiger partial charge on any atom is -0.393 e. The second-order valence-corrected chi connectivity index (χ2v) is 11.0. The van der Waals surface area contributed by atoms with Gasteiger partial charge in [-0.25, -0.2) is 0 Å². The summed E-state index contributed by atoms with van der Waals surface area (Å²) in [7, 11) is 0. The average Bonchev–Trinajstić information content (AvgIpc) is 3.13. The molecule has 1 aromatic carbocycles. The fourth-order valence-electron chi connectivity index (χ4n) is 7.93. The molecule has 0 bridgehead atoms. The molecule has 2 saturated carbocycles. The van der Waals surface area contributed by atoms with E-state index in [9.17, 15) is 9.90 Å². The number of nitrogens with zero attached hydrogens (tertiary/aromatic N) is 1. The van der Waals surface area contributed by atoms with E-state index in [2.05, 4.69) is 42.2 Å². The SMILES string of the molecule is C[C@]12C[C@H](c3ccc(-c4cccnc4)cc3)[C@@H]3C4=C(CC[C@H]3[C@@H]1CC[C@@H]2O)CC(=O)CC4. The van der Waals surface area contributed by atoms with Gasteiger partial charge in [-0.1, -0.05) is 48.4 Å². The van der Waals surface area contributed by atoms with Crippen molar-refractivity contribution in [1.82, 2.24) is 4.98 Å². The maximum Gasteiger partial charge on any atom is 0.137 e. The number of allylic oxidation sites excluding steroid dienone is 2. The molecule has 4 aliphatic carbocycles. The lowest BCUT2D eigenvalue weighted by Gasteiger charge is -2.55. The predicted octanol–water partition coefficient (Wildman–Crippen LogP) is 6.09. The first-order valence-corrected chi connectivity index (χ1v) is 12.5. The van der Waals surface area contributed by atoms with Crippen molar-refractivity contribution in [3.8, 4) is 11.1 Å². The Kier molecular flexibility index (Phi) is 4.87. The van der Waals surface area contributed by atoms with Crippen LogP contribution in [0.3, 0.4) is 0 Å². The van der Waals surface area contributed by atoms with Crippen LogP contribution < -0.4 is 0 Å². The van der Waals surface area contributed by atoms with Crippen LogP contribution in [-0.2, 0) is 4.79 Å². The number of carbonyl (C=O) groups is 1. The van der Waals surface area contributed by atoms with Crippen molar-refractivity contribution in [3.05, 3.63) is 65.5 Å². The first kappa shape index (κ1) is 20.4. The predicted molar refractivity (Wildman–Crippen MR) is 126 cm³/mol. The van der Waals surface area contributed by atoms with E-state index in [1.165, 1.54) is 23.1 Å².